The van der Waals surface area contributed by atoms with E-state index in [0.29, 0.717) is 0 Å². The predicted molar refractivity (Wildman–Crippen MR) is 38.2 cm³/mol. The normalized spacial score (nSPS) is 14.0. The maximum Gasteiger partial charge on any atom is 0.289 e. The van der Waals surface area contributed by atoms with Crippen molar-refractivity contribution in [2.75, 3.05) is 5.94 Å². The van der Waals surface area contributed by atoms with Crippen molar-refractivity contribution < 1.29 is 22.4 Å². The lowest BCUT2D eigenvalue weighted by molar-refractivity contribution is -0.0769. The Morgan fingerprint density at radius 2 is 2.27 bits per heavy atom. The molecule has 1 N–H and O–H groups in total. The van der Waals surface area contributed by atoms with Crippen molar-refractivity contribution >= 4 is 10.1 Å². The Morgan fingerprint density at radius 3 is 2.64 bits per heavy atom. The summed E-state index contributed by atoms with van der Waals surface area (Å²) in [6.07, 6.45) is 0.392. The minimum absolute atomic E-state index is 0.727. The van der Waals surface area contributed by atoms with Crippen LogP contribution in [-0.4, -0.2) is 25.2 Å². The van der Waals surface area contributed by atoms with Gasteiger partial charge in [0.1, 0.15) is 0 Å². The van der Waals surface area contributed by atoms with Crippen LogP contribution in [-0.2, 0) is 19.6 Å². The van der Waals surface area contributed by atoms with Crippen molar-refractivity contribution in [3.63, 3.8) is 0 Å². The molecule has 1 atom stereocenters. The van der Waals surface area contributed by atoms with Gasteiger partial charge in [0.05, 0.1) is 6.26 Å². The first-order valence-electron chi connectivity index (χ1n) is 2.79. The van der Waals surface area contributed by atoms with Gasteiger partial charge in [-0.2, -0.15) is 8.42 Å². The van der Waals surface area contributed by atoms with Crippen LogP contribution >= 0.6 is 0 Å². The molecule has 0 rings (SSSR count). The number of rotatable bonds is 5. The van der Waals surface area contributed by atoms with E-state index in [1.54, 1.807) is 0 Å². The molecule has 0 aliphatic rings. The fraction of sp³-hybridized carbons (Fsp3) is 0.600. The predicted octanol–water partition coefficient (Wildman–Crippen LogP) is 0.354. The van der Waals surface area contributed by atoms with Gasteiger partial charge in [0.15, 0.2) is 12.2 Å². The van der Waals surface area contributed by atoms with E-state index >= 15 is 0 Å². The molecule has 0 aliphatic carbocycles. The second-order valence-electron chi connectivity index (χ2n) is 1.74. The molecule has 0 fully saturated rings. The number of ether oxygens (including phenoxy) is 2. The van der Waals surface area contributed by atoms with Gasteiger partial charge in [-0.3, -0.25) is 4.55 Å². The molecule has 0 aliphatic heterocycles. The van der Waals surface area contributed by atoms with Crippen LogP contribution < -0.4 is 0 Å². The molecule has 11 heavy (non-hydrogen) atoms. The molecule has 0 aromatic rings. The minimum Gasteiger partial charge on any atom is -0.473 e. The fourth-order valence-electron chi connectivity index (χ4n) is 0.357. The highest BCUT2D eigenvalue weighted by molar-refractivity contribution is 7.85. The Bertz CT molecular complexity index is 207. The topological polar surface area (TPSA) is 72.8 Å². The van der Waals surface area contributed by atoms with Crippen LogP contribution in [0.25, 0.3) is 0 Å². The van der Waals surface area contributed by atoms with E-state index in [9.17, 15) is 8.42 Å². The van der Waals surface area contributed by atoms with Crippen LogP contribution in [0.5, 0.6) is 0 Å². The standard InChI is InChI=1S/C5H10O5S/c1-3-9-5(2)10-4-11(6,7)8/h3,5H,1,4H2,2H3,(H,6,7,8). The molecule has 6 heteroatoms. The largest absolute Gasteiger partial charge is 0.473 e. The fourth-order valence-corrected chi connectivity index (χ4v) is 0.720. The van der Waals surface area contributed by atoms with Gasteiger partial charge in [-0.1, -0.05) is 6.58 Å². The summed E-state index contributed by atoms with van der Waals surface area (Å²) in [5, 5.41) is 0. The van der Waals surface area contributed by atoms with Crippen molar-refractivity contribution in [1.82, 2.24) is 0 Å². The lowest BCUT2D eigenvalue weighted by Crippen LogP contribution is -2.16. The molecular weight excluding hydrogens is 172 g/mol. The molecule has 66 valence electrons. The van der Waals surface area contributed by atoms with Crippen LogP contribution in [0, 0.1) is 0 Å². The maximum absolute atomic E-state index is 10.1. The highest BCUT2D eigenvalue weighted by atomic mass is 32.2. The zero-order valence-corrected chi connectivity index (χ0v) is 6.87. The molecule has 0 bridgehead atoms. The van der Waals surface area contributed by atoms with Crippen LogP contribution in [0.15, 0.2) is 12.8 Å². The van der Waals surface area contributed by atoms with Gasteiger partial charge in [-0.25, -0.2) is 0 Å². The van der Waals surface area contributed by atoms with E-state index in [2.05, 4.69) is 16.1 Å². The van der Waals surface area contributed by atoms with Crippen LogP contribution in [0.1, 0.15) is 6.92 Å². The van der Waals surface area contributed by atoms with Crippen molar-refractivity contribution in [1.29, 1.82) is 0 Å². The first kappa shape index (κ1) is 10.4. The van der Waals surface area contributed by atoms with Gasteiger partial charge in [-0.05, 0) is 6.92 Å². The third-order valence-electron chi connectivity index (χ3n) is 0.740. The molecule has 0 radical (unpaired) electrons. The summed E-state index contributed by atoms with van der Waals surface area (Å²) in [7, 11) is -4.07. The lowest BCUT2D eigenvalue weighted by atomic mass is 10.7. The summed E-state index contributed by atoms with van der Waals surface area (Å²) in [5.41, 5.74) is 0. The second-order valence-corrected chi connectivity index (χ2v) is 3.14. The first-order valence-corrected chi connectivity index (χ1v) is 4.40. The summed E-state index contributed by atoms with van der Waals surface area (Å²) >= 11 is 0. The summed E-state index contributed by atoms with van der Waals surface area (Å²) in [4.78, 5) is 0. The minimum atomic E-state index is -4.07. The molecule has 0 aromatic heterocycles. The van der Waals surface area contributed by atoms with Gasteiger partial charge in [0, 0.05) is 0 Å². The number of hydrogen-bond acceptors (Lipinski definition) is 4. The maximum atomic E-state index is 10.1. The van der Waals surface area contributed by atoms with E-state index in [-0.39, 0.29) is 0 Å². The van der Waals surface area contributed by atoms with E-state index < -0.39 is 22.3 Å². The molecular formula is C5H10O5S. The third kappa shape index (κ3) is 7.31. The van der Waals surface area contributed by atoms with Gasteiger partial charge in [0.2, 0.25) is 0 Å². The van der Waals surface area contributed by atoms with Crippen LogP contribution in [0.2, 0.25) is 0 Å². The SMILES string of the molecule is C=COC(C)OCS(=O)(=O)O. The molecule has 0 amide bonds. The zero-order valence-electron chi connectivity index (χ0n) is 6.06. The van der Waals surface area contributed by atoms with Gasteiger partial charge in [0.25, 0.3) is 10.1 Å². The van der Waals surface area contributed by atoms with Crippen molar-refractivity contribution in [2.45, 2.75) is 13.2 Å². The van der Waals surface area contributed by atoms with Crippen molar-refractivity contribution in [3.8, 4) is 0 Å². The number of hydrogen-bond donors (Lipinski definition) is 1. The third-order valence-corrected chi connectivity index (χ3v) is 1.17. The van der Waals surface area contributed by atoms with Crippen LogP contribution in [0.4, 0.5) is 0 Å². The monoisotopic (exact) mass is 182 g/mol. The molecule has 0 spiro atoms. The Balaban J connectivity index is 3.62. The second kappa shape index (κ2) is 4.32. The smallest absolute Gasteiger partial charge is 0.289 e. The summed E-state index contributed by atoms with van der Waals surface area (Å²) in [5.74, 6) is -0.776. The van der Waals surface area contributed by atoms with Gasteiger partial charge >= 0.3 is 0 Å². The molecule has 0 heterocycles. The van der Waals surface area contributed by atoms with E-state index in [1.807, 2.05) is 0 Å². The highest BCUT2D eigenvalue weighted by Crippen LogP contribution is 1.95. The molecule has 5 nitrogen and oxygen atoms in total. The Kier molecular flexibility index (Phi) is 4.09. The summed E-state index contributed by atoms with van der Waals surface area (Å²) in [6.45, 7) is 4.71. The average Bonchev–Trinajstić information content (AvgIpc) is 1.83. The highest BCUT2D eigenvalue weighted by Gasteiger charge is 2.07. The van der Waals surface area contributed by atoms with Crippen LogP contribution in [0.3, 0.4) is 0 Å². The molecule has 0 saturated heterocycles. The molecule has 0 aromatic carbocycles. The summed E-state index contributed by atoms with van der Waals surface area (Å²) < 4.78 is 37.5. The van der Waals surface area contributed by atoms with E-state index in [1.165, 1.54) is 6.92 Å². The van der Waals surface area contributed by atoms with Crippen molar-refractivity contribution in [2.24, 2.45) is 0 Å². The van der Waals surface area contributed by atoms with Gasteiger partial charge in [-0.15, -0.1) is 0 Å². The Morgan fingerprint density at radius 1 is 1.73 bits per heavy atom. The van der Waals surface area contributed by atoms with E-state index in [0.717, 1.165) is 6.26 Å². The lowest BCUT2D eigenvalue weighted by Gasteiger charge is -2.09. The van der Waals surface area contributed by atoms with Crippen molar-refractivity contribution in [3.05, 3.63) is 12.8 Å². The van der Waals surface area contributed by atoms with E-state index in [4.69, 9.17) is 4.55 Å². The summed E-state index contributed by atoms with van der Waals surface area (Å²) in [6, 6.07) is 0. The molecule has 0 saturated carbocycles. The molecule has 1 unspecified atom stereocenters. The first-order chi connectivity index (χ1) is 4.95. The van der Waals surface area contributed by atoms with Gasteiger partial charge < -0.3 is 9.47 Å². The quantitative estimate of drug-likeness (QED) is 0.377. The zero-order chi connectivity index (χ0) is 8.91. The Labute approximate surface area is 65.4 Å². The average molecular weight is 182 g/mol. The Hall–Kier alpha value is -0.590.